The molecule has 3 nitrogen and oxygen atoms in total. The van der Waals surface area contributed by atoms with Crippen LogP contribution in [0.1, 0.15) is 25.3 Å². The molecule has 1 atom stereocenters. The molecule has 0 aliphatic heterocycles. The summed E-state index contributed by atoms with van der Waals surface area (Å²) < 4.78 is 12.8. The van der Waals surface area contributed by atoms with Crippen LogP contribution in [0.5, 0.6) is 0 Å². The van der Waals surface area contributed by atoms with Gasteiger partial charge in [0.15, 0.2) is 0 Å². The van der Waals surface area contributed by atoms with Crippen LogP contribution in [-0.2, 0) is 10.3 Å². The minimum absolute atomic E-state index is 0.165. The second kappa shape index (κ2) is 3.87. The normalized spacial score (nSPS) is 18.9. The average molecular weight is 222 g/mol. The first-order chi connectivity index (χ1) is 7.53. The van der Waals surface area contributed by atoms with E-state index in [0.29, 0.717) is 0 Å². The highest BCUT2D eigenvalue weighted by atomic mass is 19.1. The van der Waals surface area contributed by atoms with Crippen LogP contribution in [-0.4, -0.2) is 11.9 Å². The van der Waals surface area contributed by atoms with Crippen LogP contribution in [0.4, 0.5) is 4.39 Å². The summed E-state index contributed by atoms with van der Waals surface area (Å²) in [5.41, 5.74) is 6.14. The minimum Gasteiger partial charge on any atom is -0.345 e. The molecule has 1 aromatic carbocycles. The maximum Gasteiger partial charge on any atom is 0.237 e. The van der Waals surface area contributed by atoms with Crippen molar-refractivity contribution >= 4 is 5.91 Å². The third-order valence-corrected chi connectivity index (χ3v) is 2.92. The summed E-state index contributed by atoms with van der Waals surface area (Å²) in [6.07, 6.45) is 1.77. The zero-order chi connectivity index (χ0) is 11.8. The van der Waals surface area contributed by atoms with Gasteiger partial charge in [-0.1, -0.05) is 12.1 Å². The SMILES string of the molecule is C[C@@H](N)C(=O)NC1(c2ccc(F)cc2)CC1. The van der Waals surface area contributed by atoms with Crippen LogP contribution in [0, 0.1) is 5.82 Å². The Morgan fingerprint density at radius 3 is 2.44 bits per heavy atom. The molecule has 16 heavy (non-hydrogen) atoms. The van der Waals surface area contributed by atoms with E-state index < -0.39 is 6.04 Å². The fourth-order valence-corrected chi connectivity index (χ4v) is 1.73. The standard InChI is InChI=1S/C12H15FN2O/c1-8(14)11(16)15-12(6-7-12)9-2-4-10(13)5-3-9/h2-5,8H,6-7,14H2,1H3,(H,15,16)/t8-/m1/s1. The fourth-order valence-electron chi connectivity index (χ4n) is 1.73. The van der Waals surface area contributed by atoms with E-state index in [2.05, 4.69) is 5.32 Å². The number of rotatable bonds is 3. The first kappa shape index (κ1) is 11.1. The van der Waals surface area contributed by atoms with E-state index in [0.717, 1.165) is 18.4 Å². The van der Waals surface area contributed by atoms with Crippen molar-refractivity contribution in [3.63, 3.8) is 0 Å². The van der Waals surface area contributed by atoms with E-state index in [1.165, 1.54) is 12.1 Å². The smallest absolute Gasteiger partial charge is 0.237 e. The molecule has 0 saturated heterocycles. The average Bonchev–Trinajstić information content (AvgIpc) is 2.99. The molecular weight excluding hydrogens is 207 g/mol. The molecule has 1 aliphatic carbocycles. The van der Waals surface area contributed by atoms with Crippen LogP contribution in [0.25, 0.3) is 0 Å². The van der Waals surface area contributed by atoms with Crippen LogP contribution >= 0.6 is 0 Å². The lowest BCUT2D eigenvalue weighted by Crippen LogP contribution is -2.44. The predicted molar refractivity (Wildman–Crippen MR) is 59.1 cm³/mol. The Hall–Kier alpha value is -1.42. The lowest BCUT2D eigenvalue weighted by Gasteiger charge is -2.19. The van der Waals surface area contributed by atoms with Crippen molar-refractivity contribution < 1.29 is 9.18 Å². The molecule has 0 radical (unpaired) electrons. The van der Waals surface area contributed by atoms with Gasteiger partial charge in [0, 0.05) is 0 Å². The summed E-state index contributed by atoms with van der Waals surface area (Å²) in [6, 6.07) is 5.73. The molecule has 1 fully saturated rings. The van der Waals surface area contributed by atoms with Crippen LogP contribution in [0.15, 0.2) is 24.3 Å². The summed E-state index contributed by atoms with van der Waals surface area (Å²) in [5.74, 6) is -0.431. The van der Waals surface area contributed by atoms with Gasteiger partial charge in [-0.15, -0.1) is 0 Å². The molecule has 0 spiro atoms. The highest BCUT2D eigenvalue weighted by molar-refractivity contribution is 5.82. The zero-order valence-electron chi connectivity index (χ0n) is 9.16. The van der Waals surface area contributed by atoms with Gasteiger partial charge in [-0.25, -0.2) is 4.39 Å². The molecule has 2 rings (SSSR count). The molecule has 1 saturated carbocycles. The largest absolute Gasteiger partial charge is 0.345 e. The van der Waals surface area contributed by atoms with Crippen molar-refractivity contribution in [1.29, 1.82) is 0 Å². The van der Waals surface area contributed by atoms with Gasteiger partial charge in [0.1, 0.15) is 5.82 Å². The summed E-state index contributed by atoms with van der Waals surface area (Å²) in [7, 11) is 0. The topological polar surface area (TPSA) is 55.1 Å². The number of halogens is 1. The number of carbonyl (C=O) groups excluding carboxylic acids is 1. The lowest BCUT2D eigenvalue weighted by atomic mass is 10.0. The second-order valence-electron chi connectivity index (χ2n) is 4.37. The Morgan fingerprint density at radius 2 is 2.00 bits per heavy atom. The molecule has 1 amide bonds. The number of carbonyl (C=O) groups is 1. The predicted octanol–water partition coefficient (Wildman–Crippen LogP) is 1.28. The van der Waals surface area contributed by atoms with Gasteiger partial charge in [-0.05, 0) is 37.5 Å². The number of amides is 1. The molecule has 0 bridgehead atoms. The van der Waals surface area contributed by atoms with Crippen LogP contribution in [0.2, 0.25) is 0 Å². The van der Waals surface area contributed by atoms with Gasteiger partial charge in [0.25, 0.3) is 0 Å². The van der Waals surface area contributed by atoms with E-state index in [1.54, 1.807) is 19.1 Å². The summed E-state index contributed by atoms with van der Waals surface area (Å²) in [4.78, 5) is 11.5. The van der Waals surface area contributed by atoms with E-state index in [4.69, 9.17) is 5.73 Å². The Kier molecular flexibility index (Phi) is 2.68. The number of hydrogen-bond acceptors (Lipinski definition) is 2. The Balaban J connectivity index is 2.14. The number of nitrogens with two attached hydrogens (primary N) is 1. The molecule has 0 unspecified atom stereocenters. The Morgan fingerprint density at radius 1 is 1.44 bits per heavy atom. The van der Waals surface area contributed by atoms with E-state index in [-0.39, 0.29) is 17.3 Å². The second-order valence-corrected chi connectivity index (χ2v) is 4.37. The highest BCUT2D eigenvalue weighted by Crippen LogP contribution is 2.45. The molecular formula is C12H15FN2O. The summed E-state index contributed by atoms with van der Waals surface area (Å²) in [6.45, 7) is 1.65. The van der Waals surface area contributed by atoms with Crippen LogP contribution < -0.4 is 11.1 Å². The van der Waals surface area contributed by atoms with Crippen molar-refractivity contribution in [1.82, 2.24) is 5.32 Å². The lowest BCUT2D eigenvalue weighted by molar-refractivity contribution is -0.123. The maximum absolute atomic E-state index is 12.8. The van der Waals surface area contributed by atoms with Crippen LogP contribution in [0.3, 0.4) is 0 Å². The van der Waals surface area contributed by atoms with Crippen molar-refractivity contribution in [2.45, 2.75) is 31.3 Å². The third kappa shape index (κ3) is 2.07. The molecule has 1 aromatic rings. The number of hydrogen-bond donors (Lipinski definition) is 2. The summed E-state index contributed by atoms with van der Waals surface area (Å²) in [5, 5.41) is 2.92. The first-order valence-corrected chi connectivity index (χ1v) is 5.37. The number of nitrogens with one attached hydrogen (secondary N) is 1. The van der Waals surface area contributed by atoms with Gasteiger partial charge < -0.3 is 11.1 Å². The van der Waals surface area contributed by atoms with Gasteiger partial charge in [-0.3, -0.25) is 4.79 Å². The quantitative estimate of drug-likeness (QED) is 0.809. The van der Waals surface area contributed by atoms with Gasteiger partial charge in [-0.2, -0.15) is 0 Å². The fraction of sp³-hybridized carbons (Fsp3) is 0.417. The van der Waals surface area contributed by atoms with Gasteiger partial charge in [0.05, 0.1) is 11.6 Å². The molecule has 4 heteroatoms. The first-order valence-electron chi connectivity index (χ1n) is 5.37. The van der Waals surface area contributed by atoms with Crippen molar-refractivity contribution in [2.75, 3.05) is 0 Å². The minimum atomic E-state index is -0.516. The molecule has 3 N–H and O–H groups in total. The summed E-state index contributed by atoms with van der Waals surface area (Å²) >= 11 is 0. The van der Waals surface area contributed by atoms with E-state index in [9.17, 15) is 9.18 Å². The van der Waals surface area contributed by atoms with Crippen molar-refractivity contribution in [3.05, 3.63) is 35.6 Å². The highest BCUT2D eigenvalue weighted by Gasteiger charge is 2.45. The van der Waals surface area contributed by atoms with E-state index >= 15 is 0 Å². The molecule has 86 valence electrons. The zero-order valence-corrected chi connectivity index (χ0v) is 9.16. The monoisotopic (exact) mass is 222 g/mol. The van der Waals surface area contributed by atoms with Gasteiger partial charge in [0.2, 0.25) is 5.91 Å². The molecule has 0 aromatic heterocycles. The van der Waals surface area contributed by atoms with E-state index in [1.807, 2.05) is 0 Å². The Bertz CT molecular complexity index is 396. The number of benzene rings is 1. The molecule has 0 heterocycles. The van der Waals surface area contributed by atoms with Crippen molar-refractivity contribution in [3.8, 4) is 0 Å². The van der Waals surface area contributed by atoms with Crippen molar-refractivity contribution in [2.24, 2.45) is 5.73 Å². The molecule has 1 aliphatic rings. The maximum atomic E-state index is 12.8. The Labute approximate surface area is 93.8 Å². The van der Waals surface area contributed by atoms with Gasteiger partial charge >= 0.3 is 0 Å². The third-order valence-electron chi connectivity index (χ3n) is 2.92.